The minimum atomic E-state index is -0.162. The fourth-order valence-corrected chi connectivity index (χ4v) is 2.84. The number of nitrogens with one attached hydrogen (secondary N) is 1. The largest absolute Gasteiger partial charge is 0.493 e. The number of rotatable bonds is 6. The molecule has 132 valence electrons. The molecule has 0 aliphatic carbocycles. The lowest BCUT2D eigenvalue weighted by Gasteiger charge is -2.26. The topological polar surface area (TPSA) is 50.8 Å². The molecule has 1 N–H and O–H groups in total. The van der Waals surface area contributed by atoms with Gasteiger partial charge < -0.3 is 14.8 Å². The zero-order valence-corrected chi connectivity index (χ0v) is 14.5. The molecule has 0 aromatic heterocycles. The predicted molar refractivity (Wildman–Crippen MR) is 98.1 cm³/mol. The first-order valence-corrected chi connectivity index (χ1v) is 8.68. The molecule has 25 heavy (non-hydrogen) atoms. The van der Waals surface area contributed by atoms with Gasteiger partial charge in [0.05, 0.1) is 25.4 Å². The van der Waals surface area contributed by atoms with E-state index < -0.39 is 0 Å². The highest BCUT2D eigenvalue weighted by Gasteiger charge is 2.13. The van der Waals surface area contributed by atoms with Crippen LogP contribution in [0.2, 0.25) is 0 Å². The van der Waals surface area contributed by atoms with Crippen LogP contribution in [0.15, 0.2) is 48.5 Å². The summed E-state index contributed by atoms with van der Waals surface area (Å²) in [4.78, 5) is 14.9. The maximum Gasteiger partial charge on any atom is 0.259 e. The highest BCUT2D eigenvalue weighted by molar-refractivity contribution is 6.06. The van der Waals surface area contributed by atoms with Crippen molar-refractivity contribution < 1.29 is 14.3 Å². The van der Waals surface area contributed by atoms with E-state index in [-0.39, 0.29) is 5.91 Å². The molecule has 0 bridgehead atoms. The molecule has 0 saturated carbocycles. The Bertz CT molecular complexity index is 694. The Kier molecular flexibility index (Phi) is 6.04. The standard InChI is InChI=1S/C20H24N2O3/c1-2-25-19-6-4-3-5-18(19)20(23)21-17-9-7-16(8-10-17)15-22-11-13-24-14-12-22/h3-10H,2,11-15H2,1H3,(H,21,23). The number of benzene rings is 2. The van der Waals surface area contributed by atoms with Crippen molar-refractivity contribution in [2.75, 3.05) is 38.2 Å². The number of carbonyl (C=O) groups is 1. The molecule has 0 atom stereocenters. The molecular weight excluding hydrogens is 316 g/mol. The van der Waals surface area contributed by atoms with Crippen LogP contribution in [0.25, 0.3) is 0 Å². The Labute approximate surface area is 148 Å². The summed E-state index contributed by atoms with van der Waals surface area (Å²) in [6.45, 7) is 6.87. The van der Waals surface area contributed by atoms with Gasteiger partial charge in [-0.25, -0.2) is 0 Å². The zero-order chi connectivity index (χ0) is 17.5. The third-order valence-corrected chi connectivity index (χ3v) is 4.15. The van der Waals surface area contributed by atoms with Gasteiger partial charge in [0.2, 0.25) is 0 Å². The molecular formula is C20H24N2O3. The number of hydrogen-bond acceptors (Lipinski definition) is 4. The number of morpholine rings is 1. The number of anilines is 1. The monoisotopic (exact) mass is 340 g/mol. The van der Waals surface area contributed by atoms with Gasteiger partial charge in [0, 0.05) is 25.3 Å². The van der Waals surface area contributed by atoms with Gasteiger partial charge in [0.1, 0.15) is 5.75 Å². The Morgan fingerprint density at radius 3 is 2.56 bits per heavy atom. The molecule has 5 nitrogen and oxygen atoms in total. The molecule has 1 amide bonds. The van der Waals surface area contributed by atoms with E-state index in [2.05, 4.69) is 22.3 Å². The van der Waals surface area contributed by atoms with Crippen LogP contribution in [0.3, 0.4) is 0 Å². The van der Waals surface area contributed by atoms with E-state index in [4.69, 9.17) is 9.47 Å². The van der Waals surface area contributed by atoms with Gasteiger partial charge in [-0.1, -0.05) is 24.3 Å². The number of para-hydroxylation sites is 1. The predicted octanol–water partition coefficient (Wildman–Crippen LogP) is 3.17. The summed E-state index contributed by atoms with van der Waals surface area (Å²) < 4.78 is 10.9. The number of ether oxygens (including phenoxy) is 2. The van der Waals surface area contributed by atoms with E-state index in [0.29, 0.717) is 17.9 Å². The van der Waals surface area contributed by atoms with E-state index in [9.17, 15) is 4.79 Å². The number of hydrogen-bond donors (Lipinski definition) is 1. The van der Waals surface area contributed by atoms with Crippen molar-refractivity contribution in [3.8, 4) is 5.75 Å². The molecule has 0 radical (unpaired) electrons. The SMILES string of the molecule is CCOc1ccccc1C(=O)Nc1ccc(CN2CCOCC2)cc1. The summed E-state index contributed by atoms with van der Waals surface area (Å²) in [7, 11) is 0. The highest BCUT2D eigenvalue weighted by atomic mass is 16.5. The molecule has 1 fully saturated rings. The summed E-state index contributed by atoms with van der Waals surface area (Å²) in [6, 6.07) is 15.3. The first-order chi connectivity index (χ1) is 12.3. The smallest absolute Gasteiger partial charge is 0.259 e. The van der Waals surface area contributed by atoms with Gasteiger partial charge >= 0.3 is 0 Å². The Balaban J connectivity index is 1.62. The molecule has 0 spiro atoms. The maximum atomic E-state index is 12.5. The van der Waals surface area contributed by atoms with Crippen molar-refractivity contribution in [2.45, 2.75) is 13.5 Å². The van der Waals surface area contributed by atoms with Crippen LogP contribution in [-0.4, -0.2) is 43.7 Å². The van der Waals surface area contributed by atoms with Crippen LogP contribution in [0, 0.1) is 0 Å². The van der Waals surface area contributed by atoms with Gasteiger partial charge in [0.25, 0.3) is 5.91 Å². The first-order valence-electron chi connectivity index (χ1n) is 8.68. The van der Waals surface area contributed by atoms with Crippen LogP contribution < -0.4 is 10.1 Å². The van der Waals surface area contributed by atoms with E-state index in [1.807, 2.05) is 37.3 Å². The molecule has 3 rings (SSSR count). The Morgan fingerprint density at radius 2 is 1.84 bits per heavy atom. The van der Waals surface area contributed by atoms with E-state index in [1.54, 1.807) is 6.07 Å². The zero-order valence-electron chi connectivity index (χ0n) is 14.5. The lowest BCUT2D eigenvalue weighted by molar-refractivity contribution is 0.0342. The fourth-order valence-electron chi connectivity index (χ4n) is 2.84. The van der Waals surface area contributed by atoms with Gasteiger partial charge in [0.15, 0.2) is 0 Å². The Hall–Kier alpha value is -2.37. The average Bonchev–Trinajstić information content (AvgIpc) is 2.65. The van der Waals surface area contributed by atoms with Crippen LogP contribution in [0.1, 0.15) is 22.8 Å². The quantitative estimate of drug-likeness (QED) is 0.877. The minimum Gasteiger partial charge on any atom is -0.493 e. The number of carbonyl (C=O) groups excluding carboxylic acids is 1. The molecule has 0 unspecified atom stereocenters. The van der Waals surface area contributed by atoms with E-state index in [1.165, 1.54) is 5.56 Å². The van der Waals surface area contributed by atoms with E-state index >= 15 is 0 Å². The van der Waals surface area contributed by atoms with Crippen LogP contribution in [0.4, 0.5) is 5.69 Å². The van der Waals surface area contributed by atoms with E-state index in [0.717, 1.165) is 38.5 Å². The van der Waals surface area contributed by atoms with Crippen molar-refractivity contribution in [3.63, 3.8) is 0 Å². The van der Waals surface area contributed by atoms with Crippen molar-refractivity contribution in [1.82, 2.24) is 4.90 Å². The normalized spacial score (nSPS) is 14.9. The maximum absolute atomic E-state index is 12.5. The summed E-state index contributed by atoms with van der Waals surface area (Å²) in [6.07, 6.45) is 0. The highest BCUT2D eigenvalue weighted by Crippen LogP contribution is 2.20. The molecule has 1 aliphatic rings. The second-order valence-corrected chi connectivity index (χ2v) is 5.97. The second-order valence-electron chi connectivity index (χ2n) is 5.97. The van der Waals surface area contributed by atoms with Gasteiger partial charge in [-0.3, -0.25) is 9.69 Å². The summed E-state index contributed by atoms with van der Waals surface area (Å²) in [5.41, 5.74) is 2.55. The molecule has 1 aliphatic heterocycles. The number of amides is 1. The van der Waals surface area contributed by atoms with Crippen molar-refractivity contribution in [1.29, 1.82) is 0 Å². The van der Waals surface area contributed by atoms with Crippen LogP contribution in [0.5, 0.6) is 5.75 Å². The summed E-state index contributed by atoms with van der Waals surface area (Å²) in [5, 5.41) is 2.94. The lowest BCUT2D eigenvalue weighted by atomic mass is 10.1. The van der Waals surface area contributed by atoms with Gasteiger partial charge in [-0.05, 0) is 36.8 Å². The van der Waals surface area contributed by atoms with Crippen LogP contribution in [-0.2, 0) is 11.3 Å². The molecule has 2 aromatic carbocycles. The van der Waals surface area contributed by atoms with Gasteiger partial charge in [-0.15, -0.1) is 0 Å². The molecule has 2 aromatic rings. The summed E-state index contributed by atoms with van der Waals surface area (Å²) in [5.74, 6) is 0.441. The number of nitrogens with zero attached hydrogens (tertiary/aromatic N) is 1. The minimum absolute atomic E-state index is 0.162. The third kappa shape index (κ3) is 4.81. The van der Waals surface area contributed by atoms with Gasteiger partial charge in [-0.2, -0.15) is 0 Å². The average molecular weight is 340 g/mol. The lowest BCUT2D eigenvalue weighted by Crippen LogP contribution is -2.35. The van der Waals surface area contributed by atoms with Crippen molar-refractivity contribution in [2.24, 2.45) is 0 Å². The van der Waals surface area contributed by atoms with Crippen LogP contribution >= 0.6 is 0 Å². The fraction of sp³-hybridized carbons (Fsp3) is 0.350. The molecule has 1 saturated heterocycles. The summed E-state index contributed by atoms with van der Waals surface area (Å²) >= 11 is 0. The third-order valence-electron chi connectivity index (χ3n) is 4.15. The molecule has 5 heteroatoms. The van der Waals surface area contributed by atoms with Crippen molar-refractivity contribution in [3.05, 3.63) is 59.7 Å². The first kappa shape index (κ1) is 17.5. The second kappa shape index (κ2) is 8.65. The Morgan fingerprint density at radius 1 is 1.12 bits per heavy atom. The van der Waals surface area contributed by atoms with Crippen molar-refractivity contribution >= 4 is 11.6 Å². The molecule has 1 heterocycles.